The second-order valence-electron chi connectivity index (χ2n) is 4.63. The van der Waals surface area contributed by atoms with Crippen molar-refractivity contribution in [2.75, 3.05) is 13.1 Å². The van der Waals surface area contributed by atoms with Gasteiger partial charge in [0.2, 0.25) is 0 Å². The molecule has 0 aliphatic heterocycles. The summed E-state index contributed by atoms with van der Waals surface area (Å²) in [5.41, 5.74) is 0. The fourth-order valence-electron chi connectivity index (χ4n) is 1.90. The highest BCUT2D eigenvalue weighted by Crippen LogP contribution is 2.26. The van der Waals surface area contributed by atoms with Crippen molar-refractivity contribution in [3.05, 3.63) is 22.4 Å². The molecule has 19 heavy (non-hydrogen) atoms. The van der Waals surface area contributed by atoms with Crippen molar-refractivity contribution in [1.29, 1.82) is 0 Å². The second-order valence-corrected chi connectivity index (χ2v) is 5.66. The molecule has 0 radical (unpaired) electrons. The lowest BCUT2D eigenvalue weighted by Gasteiger charge is -2.22. The van der Waals surface area contributed by atoms with Gasteiger partial charge in [0.15, 0.2) is 0 Å². The number of carbonyl (C=O) groups is 2. The van der Waals surface area contributed by atoms with Crippen LogP contribution in [0.5, 0.6) is 0 Å². The molecule has 0 aromatic carbocycles. The Morgan fingerprint density at radius 3 is 2.84 bits per heavy atom. The van der Waals surface area contributed by atoms with Gasteiger partial charge < -0.3 is 15.3 Å². The molecule has 6 heteroatoms. The number of carboxylic acid groups (broad SMARTS) is 1. The molecule has 0 saturated heterocycles. The average molecular weight is 282 g/mol. The van der Waals surface area contributed by atoms with Crippen LogP contribution in [-0.4, -0.2) is 41.1 Å². The molecule has 2 rings (SSSR count). The predicted octanol–water partition coefficient (Wildman–Crippen LogP) is 1.94. The number of hydrogen-bond donors (Lipinski definition) is 2. The third-order valence-corrected chi connectivity index (χ3v) is 3.98. The number of aliphatic carboxylic acids is 1. The number of urea groups is 1. The number of hydrogen-bond acceptors (Lipinski definition) is 3. The maximum absolute atomic E-state index is 12.0. The molecule has 1 aromatic heterocycles. The van der Waals surface area contributed by atoms with Crippen LogP contribution in [0.1, 0.15) is 24.1 Å². The quantitative estimate of drug-likeness (QED) is 0.803. The highest BCUT2D eigenvalue weighted by Gasteiger charge is 2.32. The average Bonchev–Trinajstić information content (AvgIpc) is 3.06. The van der Waals surface area contributed by atoms with Gasteiger partial charge in [0.25, 0.3) is 0 Å². The Morgan fingerprint density at radius 1 is 1.47 bits per heavy atom. The van der Waals surface area contributed by atoms with Crippen LogP contribution in [0.15, 0.2) is 17.5 Å². The van der Waals surface area contributed by atoms with Crippen LogP contribution in [0.4, 0.5) is 4.79 Å². The first kappa shape index (κ1) is 13.9. The van der Waals surface area contributed by atoms with Gasteiger partial charge in [0, 0.05) is 24.0 Å². The summed E-state index contributed by atoms with van der Waals surface area (Å²) < 4.78 is 0. The molecule has 1 aliphatic rings. The van der Waals surface area contributed by atoms with Crippen LogP contribution < -0.4 is 5.32 Å². The first-order chi connectivity index (χ1) is 9.16. The highest BCUT2D eigenvalue weighted by atomic mass is 32.1. The van der Waals surface area contributed by atoms with E-state index in [-0.39, 0.29) is 18.5 Å². The van der Waals surface area contributed by atoms with E-state index in [1.165, 1.54) is 4.88 Å². The number of nitrogens with zero attached hydrogens (tertiary/aromatic N) is 1. The molecule has 1 aliphatic carbocycles. The Hall–Kier alpha value is -1.56. The van der Waals surface area contributed by atoms with Gasteiger partial charge >= 0.3 is 12.0 Å². The van der Waals surface area contributed by atoms with Crippen molar-refractivity contribution in [3.8, 4) is 0 Å². The van der Waals surface area contributed by atoms with E-state index in [0.717, 1.165) is 19.3 Å². The van der Waals surface area contributed by atoms with Gasteiger partial charge in [0.1, 0.15) is 0 Å². The third kappa shape index (κ3) is 4.55. The molecule has 0 bridgehead atoms. The molecule has 0 atom stereocenters. The molecule has 0 unspecified atom stereocenters. The fourth-order valence-corrected chi connectivity index (χ4v) is 2.61. The van der Waals surface area contributed by atoms with Gasteiger partial charge in [-0.25, -0.2) is 4.79 Å². The van der Waals surface area contributed by atoms with Crippen molar-refractivity contribution >= 4 is 23.3 Å². The maximum Gasteiger partial charge on any atom is 0.317 e. The van der Waals surface area contributed by atoms with Crippen molar-refractivity contribution in [2.45, 2.75) is 31.7 Å². The van der Waals surface area contributed by atoms with E-state index >= 15 is 0 Å². The molecule has 1 heterocycles. The molecule has 0 spiro atoms. The van der Waals surface area contributed by atoms with E-state index < -0.39 is 5.97 Å². The lowest BCUT2D eigenvalue weighted by atomic mass is 10.3. The monoisotopic (exact) mass is 282 g/mol. The molecular formula is C13H18N2O3S. The summed E-state index contributed by atoms with van der Waals surface area (Å²) in [4.78, 5) is 25.5. The van der Waals surface area contributed by atoms with Crippen molar-refractivity contribution in [3.63, 3.8) is 0 Å². The van der Waals surface area contributed by atoms with E-state index in [1.54, 1.807) is 16.2 Å². The molecule has 5 nitrogen and oxygen atoms in total. The third-order valence-electron chi connectivity index (χ3n) is 3.04. The molecule has 1 aromatic rings. The minimum absolute atomic E-state index is 0.00877. The van der Waals surface area contributed by atoms with Gasteiger partial charge in [-0.3, -0.25) is 4.79 Å². The van der Waals surface area contributed by atoms with Crippen molar-refractivity contribution < 1.29 is 14.7 Å². The van der Waals surface area contributed by atoms with Crippen molar-refractivity contribution in [2.24, 2.45) is 0 Å². The predicted molar refractivity (Wildman–Crippen MR) is 73.4 cm³/mol. The van der Waals surface area contributed by atoms with E-state index in [1.807, 2.05) is 17.5 Å². The maximum atomic E-state index is 12.0. The molecule has 1 fully saturated rings. The Kier molecular flexibility index (Phi) is 4.79. The highest BCUT2D eigenvalue weighted by molar-refractivity contribution is 7.09. The Bertz CT molecular complexity index is 429. The first-order valence-electron chi connectivity index (χ1n) is 6.45. The van der Waals surface area contributed by atoms with E-state index in [0.29, 0.717) is 13.1 Å². The molecule has 2 N–H and O–H groups in total. The van der Waals surface area contributed by atoms with Gasteiger partial charge in [-0.1, -0.05) is 6.07 Å². The number of thiophene rings is 1. The number of carboxylic acids is 1. The van der Waals surface area contributed by atoms with Crippen molar-refractivity contribution in [1.82, 2.24) is 10.2 Å². The minimum Gasteiger partial charge on any atom is -0.481 e. The lowest BCUT2D eigenvalue weighted by molar-refractivity contribution is -0.137. The lowest BCUT2D eigenvalue weighted by Crippen LogP contribution is -2.43. The zero-order chi connectivity index (χ0) is 13.7. The Balaban J connectivity index is 1.74. The summed E-state index contributed by atoms with van der Waals surface area (Å²) in [5.74, 6) is -0.864. The topological polar surface area (TPSA) is 69.6 Å². The van der Waals surface area contributed by atoms with Crippen LogP contribution in [0.2, 0.25) is 0 Å². The summed E-state index contributed by atoms with van der Waals surface area (Å²) in [6.07, 6.45) is 2.80. The van der Waals surface area contributed by atoms with Crippen LogP contribution in [-0.2, 0) is 11.2 Å². The zero-order valence-electron chi connectivity index (χ0n) is 10.7. The summed E-state index contributed by atoms with van der Waals surface area (Å²) in [6, 6.07) is 4.13. The minimum atomic E-state index is -0.864. The number of amides is 2. The number of rotatable bonds is 7. The second kappa shape index (κ2) is 6.56. The summed E-state index contributed by atoms with van der Waals surface area (Å²) in [5, 5.41) is 13.6. The normalized spacial score (nSPS) is 14.1. The largest absolute Gasteiger partial charge is 0.481 e. The molecule has 2 amide bonds. The number of nitrogens with one attached hydrogen (secondary N) is 1. The first-order valence-corrected chi connectivity index (χ1v) is 7.33. The van der Waals surface area contributed by atoms with Crippen LogP contribution in [0, 0.1) is 0 Å². The summed E-state index contributed by atoms with van der Waals surface area (Å²) >= 11 is 1.67. The van der Waals surface area contributed by atoms with Gasteiger partial charge in [-0.15, -0.1) is 11.3 Å². The SMILES string of the molecule is O=C(O)CCN(C(=O)NCCc1cccs1)C1CC1. The van der Waals surface area contributed by atoms with Gasteiger partial charge in [0.05, 0.1) is 6.42 Å². The fraction of sp³-hybridized carbons (Fsp3) is 0.538. The Morgan fingerprint density at radius 2 is 2.26 bits per heavy atom. The number of carbonyl (C=O) groups excluding carboxylic acids is 1. The zero-order valence-corrected chi connectivity index (χ0v) is 11.5. The van der Waals surface area contributed by atoms with Crippen LogP contribution in [0.25, 0.3) is 0 Å². The van der Waals surface area contributed by atoms with Crippen LogP contribution in [0.3, 0.4) is 0 Å². The van der Waals surface area contributed by atoms with E-state index in [9.17, 15) is 9.59 Å². The van der Waals surface area contributed by atoms with E-state index in [2.05, 4.69) is 5.32 Å². The standard InChI is InChI=1S/C13H18N2O3S/c16-12(17)6-8-15(10-3-4-10)13(18)14-7-5-11-2-1-9-19-11/h1-2,9-10H,3-8H2,(H,14,18)(H,16,17). The van der Waals surface area contributed by atoms with E-state index in [4.69, 9.17) is 5.11 Å². The van der Waals surface area contributed by atoms with Gasteiger partial charge in [-0.05, 0) is 30.7 Å². The molecule has 1 saturated carbocycles. The summed E-state index contributed by atoms with van der Waals surface area (Å²) in [7, 11) is 0. The summed E-state index contributed by atoms with van der Waals surface area (Å²) in [6.45, 7) is 0.889. The van der Waals surface area contributed by atoms with Gasteiger partial charge in [-0.2, -0.15) is 0 Å². The Labute approximate surface area is 116 Å². The molecular weight excluding hydrogens is 264 g/mol. The van der Waals surface area contributed by atoms with Crippen LogP contribution >= 0.6 is 11.3 Å². The smallest absolute Gasteiger partial charge is 0.317 e. The molecule has 104 valence electrons.